The summed E-state index contributed by atoms with van der Waals surface area (Å²) in [4.78, 5) is 15.7. The van der Waals surface area contributed by atoms with Crippen LogP contribution >= 0.6 is 0 Å². The van der Waals surface area contributed by atoms with Crippen molar-refractivity contribution in [2.75, 3.05) is 12.9 Å². The molecule has 2 aromatic heterocycles. The molecule has 4 rings (SSSR count). The zero-order valence-corrected chi connectivity index (χ0v) is 18.3. The Hall–Kier alpha value is -2.54. The molecule has 0 spiro atoms. The predicted molar refractivity (Wildman–Crippen MR) is 119 cm³/mol. The van der Waals surface area contributed by atoms with Gasteiger partial charge in [-0.15, -0.1) is 0 Å². The van der Waals surface area contributed by atoms with Crippen molar-refractivity contribution in [3.8, 4) is 16.9 Å². The smallest absolute Gasteiger partial charge is 0.274 e. The summed E-state index contributed by atoms with van der Waals surface area (Å²) in [5.41, 5.74) is 1.81. The number of nitrogens with zero attached hydrogens (tertiary/aromatic N) is 1. The van der Waals surface area contributed by atoms with E-state index >= 15 is 0 Å². The van der Waals surface area contributed by atoms with Crippen molar-refractivity contribution >= 4 is 20.7 Å². The molecule has 1 aliphatic carbocycles. The van der Waals surface area contributed by atoms with Crippen molar-refractivity contribution in [2.24, 2.45) is 13.0 Å². The molecule has 0 radical (unpaired) electrons. The van der Waals surface area contributed by atoms with Crippen molar-refractivity contribution in [3.63, 3.8) is 0 Å². The minimum Gasteiger partial charge on any atom is -0.493 e. The van der Waals surface area contributed by atoms with E-state index in [4.69, 9.17) is 4.74 Å². The first kappa shape index (κ1) is 20.7. The van der Waals surface area contributed by atoms with Gasteiger partial charge >= 0.3 is 0 Å². The Morgan fingerprint density at radius 2 is 1.90 bits per heavy atom. The summed E-state index contributed by atoms with van der Waals surface area (Å²) in [5.74, 6) is 1.34. The molecule has 160 valence electrons. The van der Waals surface area contributed by atoms with Crippen LogP contribution in [0, 0.1) is 5.92 Å². The third-order valence-electron chi connectivity index (χ3n) is 6.10. The summed E-state index contributed by atoms with van der Waals surface area (Å²) in [6.45, 7) is 0.597. The van der Waals surface area contributed by atoms with Crippen LogP contribution in [0.2, 0.25) is 0 Å². The molecule has 0 aliphatic heterocycles. The van der Waals surface area contributed by atoms with Gasteiger partial charge in [-0.05, 0) is 36.6 Å². The molecule has 0 unspecified atom stereocenters. The van der Waals surface area contributed by atoms with Crippen LogP contribution in [0.3, 0.4) is 0 Å². The average Bonchev–Trinajstić information content (AvgIpc) is 3.15. The van der Waals surface area contributed by atoms with E-state index in [2.05, 4.69) is 4.98 Å². The van der Waals surface area contributed by atoms with Gasteiger partial charge < -0.3 is 14.3 Å². The minimum atomic E-state index is -3.37. The third kappa shape index (κ3) is 4.17. The number of pyridine rings is 1. The maximum absolute atomic E-state index is 12.4. The molecule has 0 bridgehead atoms. The van der Waals surface area contributed by atoms with Gasteiger partial charge in [-0.3, -0.25) is 4.79 Å². The number of sulfone groups is 1. The normalized spacial score (nSPS) is 15.5. The largest absolute Gasteiger partial charge is 0.493 e. The maximum Gasteiger partial charge on any atom is 0.274 e. The molecule has 1 fully saturated rings. The van der Waals surface area contributed by atoms with Crippen LogP contribution in [0.15, 0.2) is 46.3 Å². The van der Waals surface area contributed by atoms with Crippen LogP contribution in [0.4, 0.5) is 0 Å². The summed E-state index contributed by atoms with van der Waals surface area (Å²) >= 11 is 0. The molecule has 1 saturated carbocycles. The van der Waals surface area contributed by atoms with Crippen molar-refractivity contribution in [1.82, 2.24) is 9.55 Å². The van der Waals surface area contributed by atoms with E-state index in [0.717, 1.165) is 17.4 Å². The van der Waals surface area contributed by atoms with Gasteiger partial charge in [0.05, 0.1) is 11.5 Å². The fourth-order valence-electron chi connectivity index (χ4n) is 4.33. The monoisotopic (exact) mass is 428 g/mol. The van der Waals surface area contributed by atoms with Gasteiger partial charge in [0, 0.05) is 42.2 Å². The lowest BCUT2D eigenvalue weighted by Crippen LogP contribution is -2.15. The number of ether oxygens (including phenoxy) is 1. The van der Waals surface area contributed by atoms with Crippen LogP contribution in [0.1, 0.15) is 38.5 Å². The van der Waals surface area contributed by atoms with Crippen LogP contribution < -0.4 is 10.3 Å². The number of rotatable bonds is 6. The fourth-order valence-corrected chi connectivity index (χ4v) is 4.97. The lowest BCUT2D eigenvalue weighted by atomic mass is 9.87. The SMILES string of the molecule is Cn1ccc2c(-c3cc(S(C)(=O)=O)ccc3OCCC3CCCCC3)c[nH]c2c1=O. The van der Waals surface area contributed by atoms with E-state index in [1.807, 2.05) is 6.07 Å². The van der Waals surface area contributed by atoms with E-state index in [-0.39, 0.29) is 10.5 Å². The second-order valence-corrected chi connectivity index (χ2v) is 10.3. The molecule has 1 aromatic carbocycles. The highest BCUT2D eigenvalue weighted by Crippen LogP contribution is 2.36. The number of nitrogens with one attached hydrogen (secondary N) is 1. The Kier molecular flexibility index (Phi) is 5.73. The van der Waals surface area contributed by atoms with Gasteiger partial charge in [0.25, 0.3) is 5.56 Å². The molecule has 6 nitrogen and oxygen atoms in total. The standard InChI is InChI=1S/C23H28N2O4S/c1-25-12-10-18-20(15-24-22(18)23(25)26)19-14-17(30(2,27)28)8-9-21(19)29-13-11-16-6-4-3-5-7-16/h8-10,12,14-16,24H,3-7,11,13H2,1-2H3. The van der Waals surface area contributed by atoms with Crippen LogP contribution in [0.25, 0.3) is 22.0 Å². The predicted octanol–water partition coefficient (Wildman–Crippen LogP) is 4.29. The number of aryl methyl sites for hydroxylation is 1. The molecule has 0 amide bonds. The van der Waals surface area contributed by atoms with Crippen LogP contribution in [-0.4, -0.2) is 30.8 Å². The molecular formula is C23H28N2O4S. The quantitative estimate of drug-likeness (QED) is 0.635. The number of aromatic amines is 1. The summed E-state index contributed by atoms with van der Waals surface area (Å²) in [7, 11) is -1.67. The van der Waals surface area contributed by atoms with Crippen molar-refractivity contribution in [1.29, 1.82) is 0 Å². The Morgan fingerprint density at radius 3 is 2.63 bits per heavy atom. The highest BCUT2D eigenvalue weighted by molar-refractivity contribution is 7.90. The van der Waals surface area contributed by atoms with Gasteiger partial charge in [0.15, 0.2) is 9.84 Å². The summed E-state index contributed by atoms with van der Waals surface area (Å²) in [6, 6.07) is 6.82. The van der Waals surface area contributed by atoms with E-state index < -0.39 is 9.84 Å². The Bertz CT molecular complexity index is 1220. The van der Waals surface area contributed by atoms with Gasteiger partial charge in [-0.2, -0.15) is 0 Å². The maximum atomic E-state index is 12.4. The van der Waals surface area contributed by atoms with Crippen LogP contribution in [-0.2, 0) is 16.9 Å². The number of benzene rings is 1. The number of hydrogen-bond donors (Lipinski definition) is 1. The Morgan fingerprint density at radius 1 is 1.13 bits per heavy atom. The molecule has 1 N–H and O–H groups in total. The first-order chi connectivity index (χ1) is 14.3. The number of hydrogen-bond acceptors (Lipinski definition) is 4. The van der Waals surface area contributed by atoms with E-state index in [9.17, 15) is 13.2 Å². The third-order valence-corrected chi connectivity index (χ3v) is 7.21. The first-order valence-electron chi connectivity index (χ1n) is 10.5. The number of aromatic nitrogens is 2. The summed E-state index contributed by atoms with van der Waals surface area (Å²) in [5, 5.41) is 0.751. The summed E-state index contributed by atoms with van der Waals surface area (Å²) < 4.78 is 31.9. The lowest BCUT2D eigenvalue weighted by Gasteiger charge is -2.21. The molecule has 0 atom stereocenters. The second-order valence-electron chi connectivity index (χ2n) is 8.29. The van der Waals surface area contributed by atoms with E-state index in [1.54, 1.807) is 37.6 Å². The van der Waals surface area contributed by atoms with E-state index in [0.29, 0.717) is 29.4 Å². The summed E-state index contributed by atoms with van der Waals surface area (Å²) in [6.07, 6.45) is 12.1. The van der Waals surface area contributed by atoms with Gasteiger partial charge in [-0.1, -0.05) is 32.1 Å². The van der Waals surface area contributed by atoms with Gasteiger partial charge in [-0.25, -0.2) is 8.42 Å². The molecule has 3 aromatic rings. The zero-order chi connectivity index (χ0) is 21.3. The Labute approximate surface area is 176 Å². The molecule has 2 heterocycles. The second kappa shape index (κ2) is 8.30. The molecule has 7 heteroatoms. The minimum absolute atomic E-state index is 0.127. The van der Waals surface area contributed by atoms with E-state index in [1.165, 1.54) is 42.9 Å². The molecular weight excluding hydrogens is 400 g/mol. The molecule has 1 aliphatic rings. The fraction of sp³-hybridized carbons (Fsp3) is 0.435. The van der Waals surface area contributed by atoms with Crippen molar-refractivity contribution in [2.45, 2.75) is 43.4 Å². The Balaban J connectivity index is 1.71. The van der Waals surface area contributed by atoms with Crippen molar-refractivity contribution < 1.29 is 13.2 Å². The highest BCUT2D eigenvalue weighted by atomic mass is 32.2. The van der Waals surface area contributed by atoms with Crippen molar-refractivity contribution in [3.05, 3.63) is 47.0 Å². The number of H-pyrrole nitrogens is 1. The highest BCUT2D eigenvalue weighted by Gasteiger charge is 2.18. The molecule has 0 saturated heterocycles. The molecule has 30 heavy (non-hydrogen) atoms. The lowest BCUT2D eigenvalue weighted by molar-refractivity contribution is 0.247. The van der Waals surface area contributed by atoms with Gasteiger partial charge in [0.2, 0.25) is 0 Å². The number of fused-ring (bicyclic) bond motifs is 1. The zero-order valence-electron chi connectivity index (χ0n) is 17.5. The average molecular weight is 429 g/mol. The first-order valence-corrected chi connectivity index (χ1v) is 12.4. The van der Waals surface area contributed by atoms with Gasteiger partial charge in [0.1, 0.15) is 11.3 Å². The van der Waals surface area contributed by atoms with Crippen LogP contribution in [0.5, 0.6) is 5.75 Å². The topological polar surface area (TPSA) is 81.2 Å².